The second-order valence-electron chi connectivity index (χ2n) is 4.45. The summed E-state index contributed by atoms with van der Waals surface area (Å²) in [5.74, 6) is -0.902. The van der Waals surface area contributed by atoms with E-state index in [1.807, 2.05) is 0 Å². The number of thiazole rings is 1. The number of carbonyl (C=O) groups excluding carboxylic acids is 2. The third kappa shape index (κ3) is 5.56. The van der Waals surface area contributed by atoms with Crippen LogP contribution in [0.2, 0.25) is 0 Å². The summed E-state index contributed by atoms with van der Waals surface area (Å²) in [4.78, 5) is 34.1. The van der Waals surface area contributed by atoms with Gasteiger partial charge < -0.3 is 10.1 Å². The minimum Gasteiger partial charge on any atom is -0.454 e. The van der Waals surface area contributed by atoms with Crippen LogP contribution >= 0.6 is 11.3 Å². The molecule has 0 bridgehead atoms. The van der Waals surface area contributed by atoms with Crippen molar-refractivity contribution in [3.63, 3.8) is 0 Å². The lowest BCUT2D eigenvalue weighted by molar-refractivity contribution is -0.149. The number of rotatable bonds is 8. The van der Waals surface area contributed by atoms with Crippen molar-refractivity contribution in [1.82, 2.24) is 9.88 Å². The molecule has 0 atom stereocenters. The Labute approximate surface area is 121 Å². The molecule has 0 aliphatic heterocycles. The SMILES string of the molecule is CCCCCNC(=O)COC(=O)Cn1c(C)csc1=O. The predicted molar refractivity (Wildman–Crippen MR) is 76.8 cm³/mol. The molecule has 1 amide bonds. The molecule has 0 radical (unpaired) electrons. The first-order valence-electron chi connectivity index (χ1n) is 6.61. The van der Waals surface area contributed by atoms with E-state index in [4.69, 9.17) is 4.74 Å². The smallest absolute Gasteiger partial charge is 0.326 e. The molecule has 1 heterocycles. The second kappa shape index (κ2) is 8.52. The van der Waals surface area contributed by atoms with E-state index in [0.717, 1.165) is 30.6 Å². The number of carbonyl (C=O) groups is 2. The first-order valence-corrected chi connectivity index (χ1v) is 7.49. The highest BCUT2D eigenvalue weighted by Gasteiger charge is 2.11. The highest BCUT2D eigenvalue weighted by molar-refractivity contribution is 7.07. The molecule has 0 unspecified atom stereocenters. The number of hydrogen-bond donors (Lipinski definition) is 1. The number of nitrogens with zero attached hydrogens (tertiary/aromatic N) is 1. The van der Waals surface area contributed by atoms with Gasteiger partial charge in [0, 0.05) is 17.6 Å². The number of amides is 1. The van der Waals surface area contributed by atoms with E-state index in [-0.39, 0.29) is 23.9 Å². The van der Waals surface area contributed by atoms with Gasteiger partial charge in [0.2, 0.25) is 0 Å². The van der Waals surface area contributed by atoms with Gasteiger partial charge in [0.25, 0.3) is 5.91 Å². The van der Waals surface area contributed by atoms with Gasteiger partial charge in [0.05, 0.1) is 0 Å². The molecule has 0 saturated carbocycles. The Hall–Kier alpha value is -1.63. The van der Waals surface area contributed by atoms with Crippen LogP contribution in [0.4, 0.5) is 0 Å². The molecule has 112 valence electrons. The summed E-state index contributed by atoms with van der Waals surface area (Å²) in [7, 11) is 0. The second-order valence-corrected chi connectivity index (χ2v) is 5.27. The summed E-state index contributed by atoms with van der Waals surface area (Å²) in [6.45, 7) is 3.96. The van der Waals surface area contributed by atoms with Crippen LogP contribution in [0.25, 0.3) is 0 Å². The van der Waals surface area contributed by atoms with Crippen molar-refractivity contribution >= 4 is 23.2 Å². The standard InChI is InChI=1S/C13H20N2O4S/c1-3-4-5-6-14-11(16)8-19-12(17)7-15-10(2)9-20-13(15)18/h9H,3-8H2,1-2H3,(H,14,16). The number of aromatic nitrogens is 1. The lowest BCUT2D eigenvalue weighted by Crippen LogP contribution is -2.31. The zero-order valence-electron chi connectivity index (χ0n) is 11.8. The van der Waals surface area contributed by atoms with Crippen LogP contribution in [0, 0.1) is 6.92 Å². The average molecular weight is 300 g/mol. The summed E-state index contributed by atoms with van der Waals surface area (Å²) in [6.07, 6.45) is 3.06. The lowest BCUT2D eigenvalue weighted by atomic mass is 10.2. The summed E-state index contributed by atoms with van der Waals surface area (Å²) in [5.41, 5.74) is 0.709. The minimum atomic E-state index is -0.586. The number of ether oxygens (including phenoxy) is 1. The van der Waals surface area contributed by atoms with Crippen molar-refractivity contribution in [1.29, 1.82) is 0 Å². The first kappa shape index (κ1) is 16.4. The maximum Gasteiger partial charge on any atom is 0.326 e. The zero-order chi connectivity index (χ0) is 15.0. The summed E-state index contributed by atoms with van der Waals surface area (Å²) in [6, 6.07) is 0. The van der Waals surface area contributed by atoms with Crippen molar-refractivity contribution in [3.05, 3.63) is 20.7 Å². The number of unbranched alkanes of at least 4 members (excludes halogenated alkanes) is 2. The Balaban J connectivity index is 2.26. The quantitative estimate of drug-likeness (QED) is 0.575. The predicted octanol–water partition coefficient (Wildman–Crippen LogP) is 1.07. The van der Waals surface area contributed by atoms with Gasteiger partial charge in [-0.1, -0.05) is 31.1 Å². The van der Waals surface area contributed by atoms with E-state index in [9.17, 15) is 14.4 Å². The van der Waals surface area contributed by atoms with Gasteiger partial charge >= 0.3 is 10.8 Å². The van der Waals surface area contributed by atoms with Crippen molar-refractivity contribution in [2.24, 2.45) is 0 Å². The van der Waals surface area contributed by atoms with Crippen LogP contribution in [0.5, 0.6) is 0 Å². The molecular weight excluding hydrogens is 280 g/mol. The molecule has 0 spiro atoms. The monoisotopic (exact) mass is 300 g/mol. The third-order valence-corrected chi connectivity index (χ3v) is 3.61. The van der Waals surface area contributed by atoms with E-state index < -0.39 is 5.97 Å². The normalized spacial score (nSPS) is 10.3. The van der Waals surface area contributed by atoms with Gasteiger partial charge in [-0.3, -0.25) is 19.0 Å². The highest BCUT2D eigenvalue weighted by Crippen LogP contribution is 1.99. The molecule has 0 fully saturated rings. The molecular formula is C13H20N2O4S. The van der Waals surface area contributed by atoms with Crippen LogP contribution in [-0.2, 0) is 20.9 Å². The maximum absolute atomic E-state index is 11.5. The van der Waals surface area contributed by atoms with E-state index >= 15 is 0 Å². The number of esters is 1. The highest BCUT2D eigenvalue weighted by atomic mass is 32.1. The average Bonchev–Trinajstić information content (AvgIpc) is 2.73. The zero-order valence-corrected chi connectivity index (χ0v) is 12.6. The Morgan fingerprint density at radius 1 is 1.40 bits per heavy atom. The Morgan fingerprint density at radius 3 is 2.75 bits per heavy atom. The molecule has 7 heteroatoms. The lowest BCUT2D eigenvalue weighted by Gasteiger charge is -2.07. The fourth-order valence-electron chi connectivity index (χ4n) is 1.57. The molecule has 0 saturated heterocycles. The number of hydrogen-bond acceptors (Lipinski definition) is 5. The van der Waals surface area contributed by atoms with Gasteiger partial charge in [0.1, 0.15) is 6.54 Å². The van der Waals surface area contributed by atoms with Gasteiger partial charge in [-0.15, -0.1) is 0 Å². The fourth-order valence-corrected chi connectivity index (χ4v) is 2.31. The topological polar surface area (TPSA) is 77.4 Å². The molecule has 20 heavy (non-hydrogen) atoms. The minimum absolute atomic E-state index is 0.155. The van der Waals surface area contributed by atoms with Crippen LogP contribution < -0.4 is 10.2 Å². The number of nitrogens with one attached hydrogen (secondary N) is 1. The third-order valence-electron chi connectivity index (χ3n) is 2.73. The van der Waals surface area contributed by atoms with Crippen LogP contribution in [-0.4, -0.2) is 29.6 Å². The van der Waals surface area contributed by atoms with Crippen molar-refractivity contribution in [3.8, 4) is 0 Å². The maximum atomic E-state index is 11.5. The van der Waals surface area contributed by atoms with Gasteiger partial charge in [0.15, 0.2) is 6.61 Å². The van der Waals surface area contributed by atoms with E-state index in [0.29, 0.717) is 12.2 Å². The summed E-state index contributed by atoms with van der Waals surface area (Å²) < 4.78 is 6.16. The Bertz CT molecular complexity index is 507. The van der Waals surface area contributed by atoms with Crippen LogP contribution in [0.15, 0.2) is 10.2 Å². The molecule has 1 aromatic heterocycles. The van der Waals surface area contributed by atoms with Gasteiger partial charge in [-0.05, 0) is 13.3 Å². The first-order chi connectivity index (χ1) is 9.54. The van der Waals surface area contributed by atoms with Crippen molar-refractivity contribution in [2.75, 3.05) is 13.2 Å². The Kier molecular flexibility index (Phi) is 7.00. The van der Waals surface area contributed by atoms with Gasteiger partial charge in [-0.2, -0.15) is 0 Å². The van der Waals surface area contributed by atoms with E-state index in [2.05, 4.69) is 12.2 Å². The molecule has 0 aliphatic carbocycles. The molecule has 1 N–H and O–H groups in total. The molecule has 0 aromatic carbocycles. The van der Waals surface area contributed by atoms with Gasteiger partial charge in [-0.25, -0.2) is 0 Å². The van der Waals surface area contributed by atoms with Crippen LogP contribution in [0.3, 0.4) is 0 Å². The molecule has 6 nitrogen and oxygen atoms in total. The van der Waals surface area contributed by atoms with Crippen molar-refractivity contribution < 1.29 is 14.3 Å². The van der Waals surface area contributed by atoms with Crippen LogP contribution in [0.1, 0.15) is 31.9 Å². The summed E-state index contributed by atoms with van der Waals surface area (Å²) in [5, 5.41) is 4.35. The Morgan fingerprint density at radius 2 is 2.15 bits per heavy atom. The fraction of sp³-hybridized carbons (Fsp3) is 0.615. The molecule has 1 rings (SSSR count). The van der Waals surface area contributed by atoms with Crippen molar-refractivity contribution in [2.45, 2.75) is 39.7 Å². The molecule has 0 aliphatic rings. The van der Waals surface area contributed by atoms with E-state index in [1.54, 1.807) is 12.3 Å². The largest absolute Gasteiger partial charge is 0.454 e. The number of aryl methyl sites for hydroxylation is 1. The summed E-state index contributed by atoms with van der Waals surface area (Å²) >= 11 is 1.03. The van der Waals surface area contributed by atoms with E-state index in [1.165, 1.54) is 4.57 Å². The molecule has 1 aromatic rings.